The van der Waals surface area contributed by atoms with Crippen molar-refractivity contribution in [2.24, 2.45) is 0 Å². The van der Waals surface area contributed by atoms with E-state index in [9.17, 15) is 0 Å². The van der Waals surface area contributed by atoms with E-state index in [1.54, 1.807) is 0 Å². The van der Waals surface area contributed by atoms with Crippen LogP contribution in [-0.2, 0) is 25.7 Å². The third-order valence-electron chi connectivity index (χ3n) is 8.85. The van der Waals surface area contributed by atoms with Gasteiger partial charge in [-0.05, 0) is 93.5 Å². The molecule has 1 aliphatic carbocycles. The molecular formula is C41H50O4. The predicted molar refractivity (Wildman–Crippen MR) is 185 cm³/mol. The second-order valence-corrected chi connectivity index (χ2v) is 13.9. The quantitative estimate of drug-likeness (QED) is 0.133. The van der Waals surface area contributed by atoms with E-state index >= 15 is 0 Å². The average Bonchev–Trinajstić information content (AvgIpc) is 3.31. The number of benzene rings is 4. The third kappa shape index (κ3) is 6.68. The highest BCUT2D eigenvalue weighted by molar-refractivity contribution is 5.87. The molecule has 0 N–H and O–H groups in total. The minimum absolute atomic E-state index is 0.00261. The van der Waals surface area contributed by atoms with E-state index in [-0.39, 0.29) is 10.8 Å². The lowest BCUT2D eigenvalue weighted by Gasteiger charge is -2.35. The fourth-order valence-electron chi connectivity index (χ4n) is 6.37. The predicted octanol–water partition coefficient (Wildman–Crippen LogP) is 9.48. The lowest BCUT2D eigenvalue weighted by Crippen LogP contribution is -2.29. The Morgan fingerprint density at radius 2 is 0.867 bits per heavy atom. The molecule has 4 heteroatoms. The second kappa shape index (κ2) is 13.4. The van der Waals surface area contributed by atoms with Gasteiger partial charge in [0.15, 0.2) is 0 Å². The van der Waals surface area contributed by atoms with Crippen LogP contribution in [-0.4, -0.2) is 39.6 Å². The maximum atomic E-state index is 6.05. The lowest BCUT2D eigenvalue weighted by molar-refractivity contribution is 0.110. The van der Waals surface area contributed by atoms with Gasteiger partial charge in [0.2, 0.25) is 0 Å². The molecule has 0 heterocycles. The molecule has 5 rings (SSSR count). The number of hydrogen-bond acceptors (Lipinski definition) is 4. The van der Waals surface area contributed by atoms with Crippen LogP contribution in [0.1, 0.15) is 88.8 Å². The molecular weight excluding hydrogens is 556 g/mol. The summed E-state index contributed by atoms with van der Waals surface area (Å²) in [5.74, 6) is 1.69. The largest absolute Gasteiger partial charge is 0.491 e. The summed E-state index contributed by atoms with van der Waals surface area (Å²) in [4.78, 5) is 0. The van der Waals surface area contributed by atoms with Crippen LogP contribution in [0.25, 0.3) is 11.1 Å². The van der Waals surface area contributed by atoms with Crippen molar-refractivity contribution in [1.82, 2.24) is 0 Å². The van der Waals surface area contributed by atoms with Gasteiger partial charge >= 0.3 is 0 Å². The van der Waals surface area contributed by atoms with Crippen LogP contribution in [0.5, 0.6) is 11.5 Å². The molecule has 238 valence electrons. The Balaban J connectivity index is 1.73. The molecule has 4 aromatic rings. The molecule has 0 unspecified atom stereocenters. The number of ether oxygens (including phenoxy) is 4. The summed E-state index contributed by atoms with van der Waals surface area (Å²) in [5, 5.41) is 0. The Bertz CT molecular complexity index is 1450. The molecule has 0 aromatic heterocycles. The van der Waals surface area contributed by atoms with Crippen molar-refractivity contribution in [3.8, 4) is 22.6 Å². The summed E-state index contributed by atoms with van der Waals surface area (Å²) >= 11 is 0. The highest BCUT2D eigenvalue weighted by atomic mass is 16.5. The molecule has 0 atom stereocenters. The monoisotopic (exact) mass is 606 g/mol. The fourth-order valence-corrected chi connectivity index (χ4v) is 6.37. The summed E-state index contributed by atoms with van der Waals surface area (Å²) in [5.41, 5.74) is 9.73. The Hall–Kier alpha value is -3.60. The SMILES string of the molecule is CCOCCOc1ccc(C2(c3ccc(OCCOCC)cc3)c3cc(C(C)(C)C)ccc3-c3ccc(C(C)(C)C)cc32)cc1. The zero-order valence-electron chi connectivity index (χ0n) is 28.5. The maximum absolute atomic E-state index is 6.05. The summed E-state index contributed by atoms with van der Waals surface area (Å²) in [6.45, 7) is 21.3. The Labute approximate surface area is 270 Å². The highest BCUT2D eigenvalue weighted by Gasteiger charge is 2.47. The molecule has 0 amide bonds. The van der Waals surface area contributed by atoms with E-state index < -0.39 is 5.41 Å². The maximum Gasteiger partial charge on any atom is 0.119 e. The zero-order valence-corrected chi connectivity index (χ0v) is 28.5. The van der Waals surface area contributed by atoms with Crippen LogP contribution < -0.4 is 9.47 Å². The smallest absolute Gasteiger partial charge is 0.119 e. The van der Waals surface area contributed by atoms with E-state index in [1.165, 1.54) is 44.5 Å². The minimum atomic E-state index is -0.527. The summed E-state index contributed by atoms with van der Waals surface area (Å²) < 4.78 is 23.1. The van der Waals surface area contributed by atoms with Crippen LogP contribution in [0.15, 0.2) is 84.9 Å². The molecule has 0 spiro atoms. The van der Waals surface area contributed by atoms with E-state index in [0.29, 0.717) is 39.6 Å². The van der Waals surface area contributed by atoms with Crippen LogP contribution >= 0.6 is 0 Å². The van der Waals surface area contributed by atoms with Crippen LogP contribution in [0.2, 0.25) is 0 Å². The highest BCUT2D eigenvalue weighted by Crippen LogP contribution is 2.57. The lowest BCUT2D eigenvalue weighted by atomic mass is 9.66. The van der Waals surface area contributed by atoms with Crippen LogP contribution in [0.4, 0.5) is 0 Å². The summed E-state index contributed by atoms with van der Waals surface area (Å²) in [6.07, 6.45) is 0. The molecule has 4 nitrogen and oxygen atoms in total. The molecule has 0 saturated carbocycles. The van der Waals surface area contributed by atoms with Gasteiger partial charge in [-0.1, -0.05) is 102 Å². The van der Waals surface area contributed by atoms with E-state index in [0.717, 1.165) is 11.5 Å². The minimum Gasteiger partial charge on any atom is -0.491 e. The molecule has 0 saturated heterocycles. The van der Waals surface area contributed by atoms with Gasteiger partial charge in [-0.3, -0.25) is 0 Å². The molecule has 0 aliphatic heterocycles. The Morgan fingerprint density at radius 1 is 0.489 bits per heavy atom. The van der Waals surface area contributed by atoms with Gasteiger partial charge in [0, 0.05) is 13.2 Å². The van der Waals surface area contributed by atoms with Crippen LogP contribution in [0.3, 0.4) is 0 Å². The standard InChI is InChI=1S/C41H50O4/c1-9-42-23-25-44-33-17-11-29(12-18-33)41(30-13-19-34(20-14-30)45-26-24-43-10-2)37-27-31(39(3,4)5)15-21-35(37)36-22-16-32(28-38(36)41)40(6,7)8/h11-22,27-28H,9-10,23-26H2,1-8H3. The topological polar surface area (TPSA) is 36.9 Å². The molecule has 0 bridgehead atoms. The van der Waals surface area contributed by atoms with Crippen molar-refractivity contribution in [2.75, 3.05) is 39.6 Å². The van der Waals surface area contributed by atoms with Crippen LogP contribution in [0, 0.1) is 0 Å². The Morgan fingerprint density at radius 3 is 1.20 bits per heavy atom. The number of rotatable bonds is 12. The first kappa shape index (κ1) is 32.8. The third-order valence-corrected chi connectivity index (χ3v) is 8.85. The number of fused-ring (bicyclic) bond motifs is 3. The van der Waals surface area contributed by atoms with Crippen molar-refractivity contribution in [3.05, 3.63) is 118 Å². The van der Waals surface area contributed by atoms with Crippen molar-refractivity contribution >= 4 is 0 Å². The van der Waals surface area contributed by atoms with Gasteiger partial charge in [-0.25, -0.2) is 0 Å². The van der Waals surface area contributed by atoms with E-state index in [1.807, 2.05) is 13.8 Å². The number of hydrogen-bond donors (Lipinski definition) is 0. The first-order valence-corrected chi connectivity index (χ1v) is 16.4. The van der Waals surface area contributed by atoms with Crippen molar-refractivity contribution in [3.63, 3.8) is 0 Å². The summed E-state index contributed by atoms with van der Waals surface area (Å²) in [6, 6.07) is 31.6. The molecule has 1 aliphatic rings. The van der Waals surface area contributed by atoms with Gasteiger partial charge in [0.25, 0.3) is 0 Å². The van der Waals surface area contributed by atoms with Gasteiger partial charge < -0.3 is 18.9 Å². The molecule has 0 fully saturated rings. The Kier molecular flexibility index (Phi) is 9.77. The van der Waals surface area contributed by atoms with Gasteiger partial charge in [-0.15, -0.1) is 0 Å². The van der Waals surface area contributed by atoms with Crippen molar-refractivity contribution < 1.29 is 18.9 Å². The van der Waals surface area contributed by atoms with Gasteiger partial charge in [0.05, 0.1) is 18.6 Å². The average molecular weight is 607 g/mol. The van der Waals surface area contributed by atoms with Gasteiger partial charge in [0.1, 0.15) is 24.7 Å². The summed E-state index contributed by atoms with van der Waals surface area (Å²) in [7, 11) is 0. The van der Waals surface area contributed by atoms with E-state index in [4.69, 9.17) is 18.9 Å². The van der Waals surface area contributed by atoms with Gasteiger partial charge in [-0.2, -0.15) is 0 Å². The molecule has 4 aromatic carbocycles. The molecule has 0 radical (unpaired) electrons. The van der Waals surface area contributed by atoms with Crippen molar-refractivity contribution in [2.45, 2.75) is 71.6 Å². The second-order valence-electron chi connectivity index (χ2n) is 13.9. The van der Waals surface area contributed by atoms with Crippen molar-refractivity contribution in [1.29, 1.82) is 0 Å². The zero-order chi connectivity index (χ0) is 32.2. The first-order chi connectivity index (χ1) is 21.5. The fraction of sp³-hybridized carbons (Fsp3) is 0.415. The normalized spacial score (nSPS) is 13.8. The first-order valence-electron chi connectivity index (χ1n) is 16.4. The van der Waals surface area contributed by atoms with E-state index in [2.05, 4.69) is 126 Å². The molecule has 45 heavy (non-hydrogen) atoms.